The summed E-state index contributed by atoms with van der Waals surface area (Å²) < 4.78 is 29.7. The van der Waals surface area contributed by atoms with Crippen LogP contribution in [0.1, 0.15) is 35.1 Å². The fourth-order valence-electron chi connectivity index (χ4n) is 3.92. The van der Waals surface area contributed by atoms with E-state index in [1.165, 1.54) is 5.56 Å². The van der Waals surface area contributed by atoms with Gasteiger partial charge in [0.15, 0.2) is 0 Å². The highest BCUT2D eigenvalue weighted by Crippen LogP contribution is 2.51. The molecule has 1 N–H and O–H groups in total. The highest BCUT2D eigenvalue weighted by atomic mass is 19.3. The number of rotatable bonds is 3. The van der Waals surface area contributed by atoms with E-state index in [4.69, 9.17) is 0 Å². The van der Waals surface area contributed by atoms with Crippen LogP contribution in [0.3, 0.4) is 0 Å². The smallest absolute Gasteiger partial charge is 0.262 e. The van der Waals surface area contributed by atoms with Gasteiger partial charge < -0.3 is 5.32 Å². The van der Waals surface area contributed by atoms with E-state index >= 15 is 0 Å². The predicted octanol–water partition coefficient (Wildman–Crippen LogP) is 4.34. The molecule has 0 amide bonds. The van der Waals surface area contributed by atoms with Crippen LogP contribution >= 0.6 is 0 Å². The topological polar surface area (TPSA) is 12.0 Å². The maximum Gasteiger partial charge on any atom is 0.262 e. The zero-order valence-corrected chi connectivity index (χ0v) is 13.5. The Bertz CT molecular complexity index is 670. The van der Waals surface area contributed by atoms with Gasteiger partial charge in [0.1, 0.15) is 0 Å². The molecule has 0 radical (unpaired) electrons. The summed E-state index contributed by atoms with van der Waals surface area (Å²) in [7, 11) is 0. The Hall–Kier alpha value is -1.74. The van der Waals surface area contributed by atoms with Crippen molar-refractivity contribution in [3.05, 3.63) is 70.8 Å². The number of benzene rings is 1. The van der Waals surface area contributed by atoms with Gasteiger partial charge in [-0.25, -0.2) is 8.78 Å². The van der Waals surface area contributed by atoms with Crippen LogP contribution < -0.4 is 5.32 Å². The number of nitrogens with one attached hydrogen (secondary N) is 1. The number of allylic oxidation sites excluding steroid dienone is 5. The molecule has 0 fully saturated rings. The van der Waals surface area contributed by atoms with Gasteiger partial charge >= 0.3 is 0 Å². The molecule has 1 unspecified atom stereocenters. The van der Waals surface area contributed by atoms with Crippen molar-refractivity contribution in [3.8, 4) is 0 Å². The average Bonchev–Trinajstić information content (AvgIpc) is 2.65. The third-order valence-corrected chi connectivity index (χ3v) is 4.81. The van der Waals surface area contributed by atoms with Crippen LogP contribution in [0.2, 0.25) is 0 Å². The molecule has 3 heteroatoms. The first-order valence-electron chi connectivity index (χ1n) is 8.26. The lowest BCUT2D eigenvalue weighted by molar-refractivity contribution is -0.00390. The first kappa shape index (κ1) is 16.1. The molecule has 0 bridgehead atoms. The average molecular weight is 315 g/mol. The lowest BCUT2D eigenvalue weighted by atomic mass is 9.84. The van der Waals surface area contributed by atoms with Gasteiger partial charge in [0.2, 0.25) is 0 Å². The highest BCUT2D eigenvalue weighted by Gasteiger charge is 2.49. The number of halogens is 2. The molecule has 1 aliphatic heterocycles. The van der Waals surface area contributed by atoms with Crippen LogP contribution in [-0.4, -0.2) is 19.0 Å². The maximum atomic E-state index is 14.8. The summed E-state index contributed by atoms with van der Waals surface area (Å²) in [6.07, 6.45) is 8.51. The van der Waals surface area contributed by atoms with Gasteiger partial charge in [-0.15, -0.1) is 0 Å². The first-order valence-corrected chi connectivity index (χ1v) is 8.26. The van der Waals surface area contributed by atoms with Crippen molar-refractivity contribution in [2.24, 2.45) is 0 Å². The molecule has 3 rings (SSSR count). The molecule has 1 nitrogen and oxygen atoms in total. The van der Waals surface area contributed by atoms with Gasteiger partial charge in [0.25, 0.3) is 5.92 Å². The number of fused-ring (bicyclic) bond motifs is 3. The van der Waals surface area contributed by atoms with Crippen molar-refractivity contribution >= 4 is 0 Å². The van der Waals surface area contributed by atoms with Crippen LogP contribution in [0, 0.1) is 0 Å². The first-order chi connectivity index (χ1) is 11.1. The van der Waals surface area contributed by atoms with Gasteiger partial charge in [-0.1, -0.05) is 43.0 Å². The minimum absolute atomic E-state index is 0.167. The van der Waals surface area contributed by atoms with E-state index in [9.17, 15) is 8.78 Å². The zero-order valence-electron chi connectivity index (χ0n) is 13.5. The summed E-state index contributed by atoms with van der Waals surface area (Å²) >= 11 is 0. The van der Waals surface area contributed by atoms with Gasteiger partial charge in [0.05, 0.1) is 5.92 Å². The molecule has 1 atom stereocenters. The summed E-state index contributed by atoms with van der Waals surface area (Å²) in [5.41, 5.74) is 4.67. The molecule has 0 saturated carbocycles. The second kappa shape index (κ2) is 6.40. The lowest BCUT2D eigenvalue weighted by Gasteiger charge is -2.24. The van der Waals surface area contributed by atoms with E-state index in [0.29, 0.717) is 5.57 Å². The molecule has 0 spiro atoms. The van der Waals surface area contributed by atoms with Gasteiger partial charge in [0, 0.05) is 6.42 Å². The Morgan fingerprint density at radius 1 is 1.26 bits per heavy atom. The molecule has 2 aliphatic rings. The normalized spacial score (nSPS) is 23.4. The van der Waals surface area contributed by atoms with Crippen LogP contribution in [0.25, 0.3) is 0 Å². The quantitative estimate of drug-likeness (QED) is 0.818. The van der Waals surface area contributed by atoms with Crippen molar-refractivity contribution in [2.45, 2.75) is 38.0 Å². The molecule has 1 aromatic rings. The van der Waals surface area contributed by atoms with Gasteiger partial charge in [-0.05, 0) is 60.7 Å². The second-order valence-corrected chi connectivity index (χ2v) is 6.30. The number of hydrogen-bond donors (Lipinski definition) is 1. The van der Waals surface area contributed by atoms with Crippen LogP contribution in [0.15, 0.2) is 48.6 Å². The fourth-order valence-corrected chi connectivity index (χ4v) is 3.92. The third-order valence-electron chi connectivity index (χ3n) is 4.81. The molecular weight excluding hydrogens is 292 g/mol. The number of alkyl halides is 2. The Morgan fingerprint density at radius 3 is 2.74 bits per heavy atom. The summed E-state index contributed by atoms with van der Waals surface area (Å²) in [5, 5.41) is 3.37. The van der Waals surface area contributed by atoms with E-state index in [-0.39, 0.29) is 6.42 Å². The highest BCUT2D eigenvalue weighted by molar-refractivity contribution is 5.54. The van der Waals surface area contributed by atoms with Crippen molar-refractivity contribution in [1.29, 1.82) is 0 Å². The van der Waals surface area contributed by atoms with Gasteiger partial charge in [-0.3, -0.25) is 0 Å². The minimum atomic E-state index is -2.74. The minimum Gasteiger partial charge on any atom is -0.316 e. The van der Waals surface area contributed by atoms with Crippen LogP contribution in [-0.2, 0) is 19.3 Å². The molecule has 0 saturated heterocycles. The zero-order chi connectivity index (χ0) is 16.4. The molecule has 1 aromatic carbocycles. The molecule has 23 heavy (non-hydrogen) atoms. The summed E-state index contributed by atoms with van der Waals surface area (Å²) in [4.78, 5) is 0. The standard InChI is InChI=1S/C20H23F2N/c1-3-5-15(6-4-2)19-18-16(13-20(19,21)22)8-7-14-9-11-23-12-10-17(14)18/h3-8,19,23H,1,9-13H2,2H3. The molecule has 1 aliphatic carbocycles. The molecule has 122 valence electrons. The Kier molecular flexibility index (Phi) is 4.49. The molecule has 1 heterocycles. The SMILES string of the molecule is C=CC=C(C=CC)C1c2c(ccc3c2CCNCC3)CC1(F)F. The maximum absolute atomic E-state index is 14.8. The van der Waals surface area contributed by atoms with Crippen molar-refractivity contribution in [2.75, 3.05) is 13.1 Å². The fraction of sp³-hybridized carbons (Fsp3) is 0.400. The molecular formula is C20H23F2N. The van der Waals surface area contributed by atoms with Crippen molar-refractivity contribution in [1.82, 2.24) is 5.32 Å². The van der Waals surface area contributed by atoms with E-state index in [0.717, 1.165) is 42.6 Å². The monoisotopic (exact) mass is 315 g/mol. The second-order valence-electron chi connectivity index (χ2n) is 6.30. The van der Waals surface area contributed by atoms with Crippen molar-refractivity contribution < 1.29 is 8.78 Å². The molecule has 0 aromatic heterocycles. The summed E-state index contributed by atoms with van der Waals surface area (Å²) in [6, 6.07) is 3.96. The van der Waals surface area contributed by atoms with E-state index < -0.39 is 11.8 Å². The lowest BCUT2D eigenvalue weighted by Crippen LogP contribution is -2.24. The van der Waals surface area contributed by atoms with Crippen LogP contribution in [0.4, 0.5) is 8.78 Å². The van der Waals surface area contributed by atoms with Crippen molar-refractivity contribution in [3.63, 3.8) is 0 Å². The third kappa shape index (κ3) is 2.90. The van der Waals surface area contributed by atoms with E-state index in [1.807, 2.05) is 25.1 Å². The summed E-state index contributed by atoms with van der Waals surface area (Å²) in [6.45, 7) is 7.32. The van der Waals surface area contributed by atoms with E-state index in [1.54, 1.807) is 18.2 Å². The van der Waals surface area contributed by atoms with Crippen LogP contribution in [0.5, 0.6) is 0 Å². The largest absolute Gasteiger partial charge is 0.316 e. The Balaban J connectivity index is 2.19. The Labute approximate surface area is 136 Å². The van der Waals surface area contributed by atoms with Gasteiger partial charge in [-0.2, -0.15) is 0 Å². The Morgan fingerprint density at radius 2 is 2.00 bits per heavy atom. The number of hydrogen-bond acceptors (Lipinski definition) is 1. The van der Waals surface area contributed by atoms with E-state index in [2.05, 4.69) is 11.9 Å². The summed E-state index contributed by atoms with van der Waals surface area (Å²) in [5.74, 6) is -3.61. The predicted molar refractivity (Wildman–Crippen MR) is 91.2 cm³/mol.